The van der Waals surface area contributed by atoms with Gasteiger partial charge in [-0.1, -0.05) is 6.92 Å². The van der Waals surface area contributed by atoms with Crippen molar-refractivity contribution in [2.45, 2.75) is 58.1 Å². The SMILES string of the molecule is CCC(C(=O)O)C1(O)CCCN(C(C)C)CC1. The lowest BCUT2D eigenvalue weighted by Gasteiger charge is -2.32. The molecule has 1 saturated heterocycles. The van der Waals surface area contributed by atoms with E-state index >= 15 is 0 Å². The van der Waals surface area contributed by atoms with E-state index in [1.807, 2.05) is 6.92 Å². The number of hydrogen-bond acceptors (Lipinski definition) is 3. The number of aliphatic hydroxyl groups is 1. The van der Waals surface area contributed by atoms with E-state index in [0.717, 1.165) is 19.5 Å². The number of aliphatic carboxylic acids is 1. The van der Waals surface area contributed by atoms with Crippen LogP contribution in [0.4, 0.5) is 0 Å². The van der Waals surface area contributed by atoms with Crippen LogP contribution in [0.2, 0.25) is 0 Å². The van der Waals surface area contributed by atoms with Crippen molar-refractivity contribution in [1.82, 2.24) is 4.90 Å². The summed E-state index contributed by atoms with van der Waals surface area (Å²) in [5.41, 5.74) is -1.02. The number of rotatable bonds is 4. The molecule has 2 unspecified atom stereocenters. The molecule has 1 aliphatic heterocycles. The Labute approximate surface area is 104 Å². The third kappa shape index (κ3) is 3.42. The number of likely N-dealkylation sites (tertiary alicyclic amines) is 1. The molecule has 0 saturated carbocycles. The van der Waals surface area contributed by atoms with Gasteiger partial charge in [0.1, 0.15) is 0 Å². The van der Waals surface area contributed by atoms with E-state index in [1.165, 1.54) is 0 Å². The molecule has 2 N–H and O–H groups in total. The van der Waals surface area contributed by atoms with Gasteiger partial charge in [0.05, 0.1) is 11.5 Å². The highest BCUT2D eigenvalue weighted by molar-refractivity contribution is 5.71. The summed E-state index contributed by atoms with van der Waals surface area (Å²) in [4.78, 5) is 13.5. The van der Waals surface area contributed by atoms with Crippen LogP contribution in [-0.4, -0.2) is 45.8 Å². The van der Waals surface area contributed by atoms with Crippen molar-refractivity contribution in [2.24, 2.45) is 5.92 Å². The molecule has 4 nitrogen and oxygen atoms in total. The summed E-state index contributed by atoms with van der Waals surface area (Å²) in [6, 6.07) is 0.460. The zero-order valence-corrected chi connectivity index (χ0v) is 11.1. The van der Waals surface area contributed by atoms with Crippen molar-refractivity contribution < 1.29 is 15.0 Å². The highest BCUT2D eigenvalue weighted by Gasteiger charge is 2.41. The fourth-order valence-corrected chi connectivity index (χ4v) is 2.81. The second kappa shape index (κ2) is 5.83. The topological polar surface area (TPSA) is 60.8 Å². The van der Waals surface area contributed by atoms with Crippen LogP contribution in [0.15, 0.2) is 0 Å². The Morgan fingerprint density at radius 2 is 2.00 bits per heavy atom. The van der Waals surface area contributed by atoms with E-state index in [0.29, 0.717) is 25.3 Å². The second-order valence-electron chi connectivity index (χ2n) is 5.39. The number of carboxylic acids is 1. The van der Waals surface area contributed by atoms with Gasteiger partial charge in [-0.05, 0) is 46.1 Å². The van der Waals surface area contributed by atoms with Crippen molar-refractivity contribution in [3.05, 3.63) is 0 Å². The maximum absolute atomic E-state index is 11.2. The minimum atomic E-state index is -1.02. The largest absolute Gasteiger partial charge is 0.481 e. The first-order chi connectivity index (χ1) is 7.90. The monoisotopic (exact) mass is 243 g/mol. The van der Waals surface area contributed by atoms with Gasteiger partial charge in [0.25, 0.3) is 0 Å². The summed E-state index contributed by atoms with van der Waals surface area (Å²) in [5.74, 6) is -1.50. The molecular weight excluding hydrogens is 218 g/mol. The minimum Gasteiger partial charge on any atom is -0.481 e. The summed E-state index contributed by atoms with van der Waals surface area (Å²) in [5, 5.41) is 19.8. The molecule has 4 heteroatoms. The van der Waals surface area contributed by atoms with E-state index in [4.69, 9.17) is 0 Å². The lowest BCUT2D eigenvalue weighted by molar-refractivity contribution is -0.153. The Morgan fingerprint density at radius 1 is 1.35 bits per heavy atom. The van der Waals surface area contributed by atoms with Gasteiger partial charge >= 0.3 is 5.97 Å². The van der Waals surface area contributed by atoms with Crippen LogP contribution in [0.5, 0.6) is 0 Å². The number of carbonyl (C=O) groups is 1. The first kappa shape index (κ1) is 14.5. The Bertz CT molecular complexity index is 267. The molecule has 1 rings (SSSR count). The Hall–Kier alpha value is -0.610. The van der Waals surface area contributed by atoms with Gasteiger partial charge in [-0.15, -0.1) is 0 Å². The lowest BCUT2D eigenvalue weighted by Crippen LogP contribution is -2.43. The van der Waals surface area contributed by atoms with Gasteiger partial charge in [-0.2, -0.15) is 0 Å². The molecule has 0 aliphatic carbocycles. The highest BCUT2D eigenvalue weighted by atomic mass is 16.4. The Morgan fingerprint density at radius 3 is 2.47 bits per heavy atom. The molecule has 1 aliphatic rings. The molecule has 0 aromatic rings. The molecule has 2 atom stereocenters. The zero-order chi connectivity index (χ0) is 13.1. The summed E-state index contributed by atoms with van der Waals surface area (Å²) in [6.07, 6.45) is 2.53. The molecule has 0 aromatic carbocycles. The van der Waals surface area contributed by atoms with Crippen LogP contribution in [0.25, 0.3) is 0 Å². The summed E-state index contributed by atoms with van der Waals surface area (Å²) in [6.45, 7) is 7.85. The molecule has 1 heterocycles. The smallest absolute Gasteiger partial charge is 0.309 e. The third-order valence-corrected chi connectivity index (χ3v) is 3.97. The second-order valence-corrected chi connectivity index (χ2v) is 5.39. The third-order valence-electron chi connectivity index (χ3n) is 3.97. The van der Waals surface area contributed by atoms with Crippen molar-refractivity contribution in [3.63, 3.8) is 0 Å². The Balaban J connectivity index is 2.74. The van der Waals surface area contributed by atoms with Gasteiger partial charge in [0, 0.05) is 12.6 Å². The standard InChI is InChI=1S/C13H25NO3/c1-4-11(12(15)16)13(17)6-5-8-14(9-7-13)10(2)3/h10-11,17H,4-9H2,1-3H3,(H,15,16). The fraction of sp³-hybridized carbons (Fsp3) is 0.923. The van der Waals surface area contributed by atoms with E-state index in [-0.39, 0.29) is 0 Å². The summed E-state index contributed by atoms with van der Waals surface area (Å²) >= 11 is 0. The van der Waals surface area contributed by atoms with Gasteiger partial charge in [0.15, 0.2) is 0 Å². The first-order valence-corrected chi connectivity index (χ1v) is 6.60. The molecule has 0 bridgehead atoms. The van der Waals surface area contributed by atoms with Gasteiger partial charge in [-0.3, -0.25) is 4.79 Å². The van der Waals surface area contributed by atoms with Gasteiger partial charge in [0.2, 0.25) is 0 Å². The highest BCUT2D eigenvalue weighted by Crippen LogP contribution is 2.32. The quantitative estimate of drug-likeness (QED) is 0.789. The van der Waals surface area contributed by atoms with Crippen molar-refractivity contribution in [1.29, 1.82) is 0 Å². The van der Waals surface area contributed by atoms with Crippen LogP contribution >= 0.6 is 0 Å². The summed E-state index contributed by atoms with van der Waals surface area (Å²) < 4.78 is 0. The molecule has 0 aromatic heterocycles. The van der Waals surface area contributed by atoms with Crippen molar-refractivity contribution in [2.75, 3.05) is 13.1 Å². The van der Waals surface area contributed by atoms with Crippen LogP contribution in [0, 0.1) is 5.92 Å². The van der Waals surface area contributed by atoms with E-state index in [2.05, 4.69) is 18.7 Å². The van der Waals surface area contributed by atoms with Crippen LogP contribution in [0.1, 0.15) is 46.5 Å². The minimum absolute atomic E-state index is 0.460. The first-order valence-electron chi connectivity index (χ1n) is 6.60. The number of nitrogens with zero attached hydrogens (tertiary/aromatic N) is 1. The molecule has 1 fully saturated rings. The normalized spacial score (nSPS) is 29.0. The van der Waals surface area contributed by atoms with Gasteiger partial charge < -0.3 is 15.1 Å². The van der Waals surface area contributed by atoms with E-state index in [9.17, 15) is 15.0 Å². The zero-order valence-electron chi connectivity index (χ0n) is 11.1. The fourth-order valence-electron chi connectivity index (χ4n) is 2.81. The van der Waals surface area contributed by atoms with E-state index < -0.39 is 17.5 Å². The molecule has 0 spiro atoms. The number of carboxylic acid groups (broad SMARTS) is 1. The van der Waals surface area contributed by atoms with Gasteiger partial charge in [-0.25, -0.2) is 0 Å². The predicted molar refractivity (Wildman–Crippen MR) is 66.9 cm³/mol. The predicted octanol–water partition coefficient (Wildman–Crippen LogP) is 1.72. The maximum atomic E-state index is 11.2. The lowest BCUT2D eigenvalue weighted by atomic mass is 9.80. The molecule has 100 valence electrons. The number of hydrogen-bond donors (Lipinski definition) is 2. The molecule has 17 heavy (non-hydrogen) atoms. The molecule has 0 radical (unpaired) electrons. The van der Waals surface area contributed by atoms with Crippen LogP contribution < -0.4 is 0 Å². The van der Waals surface area contributed by atoms with E-state index in [1.54, 1.807) is 0 Å². The Kier molecular flexibility index (Phi) is 4.95. The van der Waals surface area contributed by atoms with Crippen molar-refractivity contribution in [3.8, 4) is 0 Å². The average Bonchev–Trinajstić information content (AvgIpc) is 2.41. The molecular formula is C13H25NO3. The average molecular weight is 243 g/mol. The van der Waals surface area contributed by atoms with Crippen LogP contribution in [-0.2, 0) is 4.79 Å². The summed E-state index contributed by atoms with van der Waals surface area (Å²) in [7, 11) is 0. The van der Waals surface area contributed by atoms with Crippen molar-refractivity contribution >= 4 is 5.97 Å². The molecule has 0 amide bonds. The maximum Gasteiger partial charge on any atom is 0.309 e. The van der Waals surface area contributed by atoms with Crippen LogP contribution in [0.3, 0.4) is 0 Å².